The van der Waals surface area contributed by atoms with E-state index in [-0.39, 0.29) is 18.5 Å². The summed E-state index contributed by atoms with van der Waals surface area (Å²) in [6.45, 7) is 4.96. The third-order valence-corrected chi connectivity index (χ3v) is 18.4. The highest BCUT2D eigenvalue weighted by atomic mass is 16.5. The second-order valence-corrected chi connectivity index (χ2v) is 27.0. The maximum Gasteiger partial charge on any atom is 0.305 e. The number of allylic oxidation sites excluding steroid dienone is 8. The smallest absolute Gasteiger partial charge is 0.305 e. The van der Waals surface area contributed by atoms with E-state index in [2.05, 4.69) is 67.8 Å². The fraction of sp³-hybridized carbons (Fsp3) is 0.877. The van der Waals surface area contributed by atoms with Crippen molar-refractivity contribution >= 4 is 11.9 Å². The molecule has 0 aromatic carbocycles. The van der Waals surface area contributed by atoms with Gasteiger partial charge in [0.1, 0.15) is 0 Å². The first kappa shape index (κ1) is 84.8. The van der Waals surface area contributed by atoms with Gasteiger partial charge in [-0.1, -0.05) is 377 Å². The predicted octanol–water partition coefficient (Wildman–Crippen LogP) is 26.0. The average molecular weight is 1220 g/mol. The second kappa shape index (κ2) is 76.3. The Bertz CT molecular complexity index is 1450. The number of carbonyl (C=O) groups excluding carboxylic acids is 2. The molecule has 6 nitrogen and oxygen atoms in total. The van der Waals surface area contributed by atoms with E-state index in [4.69, 9.17) is 4.74 Å². The molecule has 0 saturated carbocycles. The third kappa shape index (κ3) is 72.8. The Kier molecular flexibility index (Phi) is 74.4. The van der Waals surface area contributed by atoms with E-state index in [1.54, 1.807) is 0 Å². The Morgan fingerprint density at radius 1 is 0.322 bits per heavy atom. The van der Waals surface area contributed by atoms with Crippen molar-refractivity contribution in [2.45, 2.75) is 443 Å². The van der Waals surface area contributed by atoms with Crippen molar-refractivity contribution in [1.29, 1.82) is 0 Å². The molecule has 0 saturated heterocycles. The molecule has 2 unspecified atom stereocenters. The van der Waals surface area contributed by atoms with Crippen molar-refractivity contribution in [3.63, 3.8) is 0 Å². The number of ether oxygens (including phenoxy) is 1. The van der Waals surface area contributed by atoms with Gasteiger partial charge >= 0.3 is 5.97 Å². The third-order valence-electron chi connectivity index (χ3n) is 18.4. The molecule has 0 aliphatic rings. The van der Waals surface area contributed by atoms with Crippen LogP contribution in [0.2, 0.25) is 0 Å². The Morgan fingerprint density at radius 2 is 0.575 bits per heavy atom. The molecule has 512 valence electrons. The van der Waals surface area contributed by atoms with Crippen LogP contribution in [0.1, 0.15) is 431 Å². The maximum absolute atomic E-state index is 12.5. The van der Waals surface area contributed by atoms with Gasteiger partial charge in [0.05, 0.1) is 25.4 Å². The second-order valence-electron chi connectivity index (χ2n) is 27.0. The Hall–Kier alpha value is -2.18. The molecule has 0 aliphatic carbocycles. The van der Waals surface area contributed by atoms with Gasteiger partial charge in [-0.05, 0) is 89.9 Å². The number of carbonyl (C=O) groups is 2. The molecule has 0 aliphatic heterocycles. The normalized spacial score (nSPS) is 12.7. The minimum atomic E-state index is -0.662. The van der Waals surface area contributed by atoms with Crippen LogP contribution < -0.4 is 5.32 Å². The molecular formula is C81H153NO5. The summed E-state index contributed by atoms with van der Waals surface area (Å²) in [6, 6.07) is -0.539. The zero-order valence-electron chi connectivity index (χ0n) is 58.8. The van der Waals surface area contributed by atoms with Crippen LogP contribution in [0.5, 0.6) is 0 Å². The van der Waals surface area contributed by atoms with Gasteiger partial charge in [-0.2, -0.15) is 0 Å². The lowest BCUT2D eigenvalue weighted by molar-refractivity contribution is -0.143. The molecule has 87 heavy (non-hydrogen) atoms. The van der Waals surface area contributed by atoms with Crippen molar-refractivity contribution in [2.24, 2.45) is 0 Å². The number of rotatable bonds is 74. The van der Waals surface area contributed by atoms with Crippen molar-refractivity contribution in [1.82, 2.24) is 5.32 Å². The molecule has 3 N–H and O–H groups in total. The zero-order chi connectivity index (χ0) is 62.8. The molecule has 0 rings (SSSR count). The van der Waals surface area contributed by atoms with E-state index in [0.717, 1.165) is 57.8 Å². The number of esters is 1. The first-order valence-electron chi connectivity index (χ1n) is 39.4. The predicted molar refractivity (Wildman–Crippen MR) is 384 cm³/mol. The van der Waals surface area contributed by atoms with E-state index in [9.17, 15) is 19.8 Å². The molecule has 0 aromatic rings. The molecule has 6 heteroatoms. The molecule has 0 fully saturated rings. The summed E-state index contributed by atoms with van der Waals surface area (Å²) in [5.41, 5.74) is 0. The van der Waals surface area contributed by atoms with Gasteiger partial charge in [0.2, 0.25) is 5.91 Å². The number of hydrogen-bond donors (Lipinski definition) is 3. The van der Waals surface area contributed by atoms with Crippen LogP contribution in [0.25, 0.3) is 0 Å². The fourth-order valence-corrected chi connectivity index (χ4v) is 12.4. The number of aliphatic hydroxyl groups is 2. The summed E-state index contributed by atoms with van der Waals surface area (Å²) < 4.78 is 5.51. The number of aliphatic hydroxyl groups excluding tert-OH is 2. The lowest BCUT2D eigenvalue weighted by Crippen LogP contribution is -2.45. The van der Waals surface area contributed by atoms with E-state index >= 15 is 0 Å². The monoisotopic (exact) mass is 1220 g/mol. The lowest BCUT2D eigenvalue weighted by atomic mass is 10.0. The standard InChI is InChI=1S/C81H153NO5/c1-3-5-7-9-11-13-15-17-18-19-44-47-51-55-59-63-67-71-75-81(86)87-76-72-68-64-60-56-52-48-45-42-40-38-36-34-32-30-28-26-24-22-20-21-23-25-27-29-31-33-35-37-39-41-43-46-50-54-58-62-66-70-74-80(85)82-78(77-83)79(84)73-69-65-61-57-53-49-16-14-12-10-8-6-4-2/h13,15,18-21,24,26,78-79,83-84H,3-12,14,16-17,22-23,25,27-77H2,1-2H3,(H,82,85)/b15-13-,19-18-,21-20-,26-24-. The summed E-state index contributed by atoms with van der Waals surface area (Å²) in [6.07, 6.45) is 101. The van der Waals surface area contributed by atoms with Gasteiger partial charge in [-0.3, -0.25) is 9.59 Å². The molecule has 2 atom stereocenters. The van der Waals surface area contributed by atoms with Gasteiger partial charge in [0.25, 0.3) is 0 Å². The minimum Gasteiger partial charge on any atom is -0.466 e. The lowest BCUT2D eigenvalue weighted by Gasteiger charge is -2.22. The van der Waals surface area contributed by atoms with Crippen LogP contribution in [-0.4, -0.2) is 47.4 Å². The molecule has 0 bridgehead atoms. The largest absolute Gasteiger partial charge is 0.466 e. The molecule has 0 aromatic heterocycles. The summed E-state index contributed by atoms with van der Waals surface area (Å²) in [5.74, 6) is -0.0166. The minimum absolute atomic E-state index is 0.0133. The molecular weight excluding hydrogens is 1070 g/mol. The van der Waals surface area contributed by atoms with Crippen molar-refractivity contribution in [2.75, 3.05) is 13.2 Å². The van der Waals surface area contributed by atoms with E-state index < -0.39 is 12.1 Å². The Morgan fingerprint density at radius 3 is 0.885 bits per heavy atom. The quantitative estimate of drug-likeness (QED) is 0.0320. The highest BCUT2D eigenvalue weighted by Gasteiger charge is 2.20. The first-order valence-corrected chi connectivity index (χ1v) is 39.4. The Balaban J connectivity index is 3.34. The highest BCUT2D eigenvalue weighted by Crippen LogP contribution is 2.19. The van der Waals surface area contributed by atoms with Crippen LogP contribution in [0.15, 0.2) is 48.6 Å². The maximum atomic E-state index is 12.5. The van der Waals surface area contributed by atoms with E-state index in [1.165, 1.54) is 340 Å². The van der Waals surface area contributed by atoms with Crippen LogP contribution in [-0.2, 0) is 14.3 Å². The number of hydrogen-bond acceptors (Lipinski definition) is 5. The molecule has 0 radical (unpaired) electrons. The van der Waals surface area contributed by atoms with Crippen LogP contribution in [0, 0.1) is 0 Å². The summed E-state index contributed by atoms with van der Waals surface area (Å²) in [5, 5.41) is 23.3. The van der Waals surface area contributed by atoms with Crippen molar-refractivity contribution in [3.8, 4) is 0 Å². The summed E-state index contributed by atoms with van der Waals surface area (Å²) in [7, 11) is 0. The number of amides is 1. The van der Waals surface area contributed by atoms with Crippen molar-refractivity contribution in [3.05, 3.63) is 48.6 Å². The van der Waals surface area contributed by atoms with Gasteiger partial charge in [0.15, 0.2) is 0 Å². The summed E-state index contributed by atoms with van der Waals surface area (Å²) in [4.78, 5) is 24.6. The fourth-order valence-electron chi connectivity index (χ4n) is 12.4. The average Bonchev–Trinajstić information content (AvgIpc) is 3.54. The van der Waals surface area contributed by atoms with E-state index in [1.807, 2.05) is 0 Å². The molecule has 1 amide bonds. The Labute approximate surface area is 544 Å². The van der Waals surface area contributed by atoms with Crippen LogP contribution in [0.4, 0.5) is 0 Å². The molecule has 0 spiro atoms. The molecule has 0 heterocycles. The van der Waals surface area contributed by atoms with Crippen LogP contribution >= 0.6 is 0 Å². The van der Waals surface area contributed by atoms with Crippen molar-refractivity contribution < 1.29 is 24.5 Å². The summed E-state index contributed by atoms with van der Waals surface area (Å²) >= 11 is 0. The van der Waals surface area contributed by atoms with Gasteiger partial charge < -0.3 is 20.3 Å². The zero-order valence-corrected chi connectivity index (χ0v) is 58.8. The first-order chi connectivity index (χ1) is 43.0. The van der Waals surface area contributed by atoms with Gasteiger partial charge in [-0.25, -0.2) is 0 Å². The topological polar surface area (TPSA) is 95.9 Å². The SMILES string of the molecule is CCCCCC/C=C\C/C=C\CCCCCCCCCC(=O)OCCCCCCCCCCCCCCCCC/C=C\C/C=C\CCCCCCCCCCCCCCCCCCCC(=O)NC(CO)C(O)CCCCCCCCCCCCCCC. The van der Waals surface area contributed by atoms with Gasteiger partial charge in [-0.15, -0.1) is 0 Å². The van der Waals surface area contributed by atoms with Crippen LogP contribution in [0.3, 0.4) is 0 Å². The van der Waals surface area contributed by atoms with E-state index in [0.29, 0.717) is 25.9 Å². The van der Waals surface area contributed by atoms with Gasteiger partial charge in [0, 0.05) is 12.8 Å². The number of unbranched alkanes of at least 4 members (excludes halogenated alkanes) is 55. The highest BCUT2D eigenvalue weighted by molar-refractivity contribution is 5.76. The number of nitrogens with one attached hydrogen (secondary N) is 1.